The molecule has 0 saturated carbocycles. The van der Waals surface area contributed by atoms with E-state index in [9.17, 15) is 0 Å². The van der Waals surface area contributed by atoms with Gasteiger partial charge < -0.3 is 15.2 Å². The zero-order valence-corrected chi connectivity index (χ0v) is 16.2. The number of aliphatic imine (C=N–C) groups is 1. The average molecular weight is 432 g/mol. The molecule has 2 aromatic heterocycles. The van der Waals surface area contributed by atoms with E-state index in [0.29, 0.717) is 6.54 Å². The molecule has 2 N–H and O–H groups in total. The molecule has 2 rings (SSSR count). The quantitative estimate of drug-likeness (QED) is 0.398. The summed E-state index contributed by atoms with van der Waals surface area (Å²) >= 11 is 0. The number of nitrogens with one attached hydrogen (secondary N) is 2. The SMILES string of the molecule is CCc1noc(CC)c1CNC(=NC)NCCn1cccn1.I. The highest BCUT2D eigenvalue weighted by atomic mass is 127. The van der Waals surface area contributed by atoms with Gasteiger partial charge in [0.05, 0.1) is 12.2 Å². The molecule has 2 heterocycles. The van der Waals surface area contributed by atoms with E-state index in [2.05, 4.69) is 39.7 Å². The number of halogens is 1. The fourth-order valence-corrected chi connectivity index (χ4v) is 2.25. The molecule has 0 fully saturated rings. The first-order chi connectivity index (χ1) is 10.8. The lowest BCUT2D eigenvalue weighted by Gasteiger charge is -2.12. The number of nitrogens with zero attached hydrogens (tertiary/aromatic N) is 4. The lowest BCUT2D eigenvalue weighted by molar-refractivity contribution is 0.380. The minimum absolute atomic E-state index is 0. The molecule has 0 spiro atoms. The van der Waals surface area contributed by atoms with Crippen LogP contribution in [0.2, 0.25) is 0 Å². The van der Waals surface area contributed by atoms with Crippen LogP contribution in [-0.2, 0) is 25.9 Å². The van der Waals surface area contributed by atoms with Crippen LogP contribution < -0.4 is 10.6 Å². The fourth-order valence-electron chi connectivity index (χ4n) is 2.25. The van der Waals surface area contributed by atoms with E-state index in [4.69, 9.17) is 4.52 Å². The summed E-state index contributed by atoms with van der Waals surface area (Å²) in [6, 6.07) is 1.91. The molecule has 7 nitrogen and oxygen atoms in total. The number of guanidine groups is 1. The van der Waals surface area contributed by atoms with Crippen molar-refractivity contribution in [2.24, 2.45) is 4.99 Å². The number of hydrogen-bond donors (Lipinski definition) is 2. The highest BCUT2D eigenvalue weighted by molar-refractivity contribution is 14.0. The van der Waals surface area contributed by atoms with E-state index >= 15 is 0 Å². The Morgan fingerprint density at radius 3 is 2.74 bits per heavy atom. The molecule has 0 bridgehead atoms. The fraction of sp³-hybridized carbons (Fsp3) is 0.533. The predicted octanol–water partition coefficient (Wildman–Crippen LogP) is 1.98. The van der Waals surface area contributed by atoms with Crippen LogP contribution in [-0.4, -0.2) is 34.5 Å². The largest absolute Gasteiger partial charge is 0.361 e. The summed E-state index contributed by atoms with van der Waals surface area (Å²) in [5.74, 6) is 1.70. The maximum atomic E-state index is 5.37. The molecule has 0 atom stereocenters. The standard InChI is InChI=1S/C15H24N6O.HI/c1-4-13-12(14(5-2)22-20-13)11-18-15(16-3)17-8-10-21-9-6-7-19-21;/h6-7,9H,4-5,8,10-11H2,1-3H3,(H2,16,17,18);1H. The van der Waals surface area contributed by atoms with E-state index in [0.717, 1.165) is 48.9 Å². The molecule has 0 aliphatic carbocycles. The number of hydrogen-bond acceptors (Lipinski definition) is 4. The minimum atomic E-state index is 0. The van der Waals surface area contributed by atoms with Crippen molar-refractivity contribution in [1.29, 1.82) is 0 Å². The summed E-state index contributed by atoms with van der Waals surface area (Å²) in [5, 5.41) is 14.9. The molecule has 0 radical (unpaired) electrons. The summed E-state index contributed by atoms with van der Waals surface area (Å²) in [5.41, 5.74) is 2.15. The molecule has 0 amide bonds. The average Bonchev–Trinajstić information content (AvgIpc) is 3.19. The van der Waals surface area contributed by atoms with E-state index in [-0.39, 0.29) is 24.0 Å². The van der Waals surface area contributed by atoms with E-state index in [1.165, 1.54) is 0 Å². The van der Waals surface area contributed by atoms with Gasteiger partial charge >= 0.3 is 0 Å². The Morgan fingerprint density at radius 1 is 1.30 bits per heavy atom. The van der Waals surface area contributed by atoms with E-state index in [1.807, 2.05) is 16.9 Å². The Bertz CT molecular complexity index is 572. The van der Waals surface area contributed by atoms with Crippen LogP contribution in [0, 0.1) is 0 Å². The van der Waals surface area contributed by atoms with Crippen molar-refractivity contribution >= 4 is 29.9 Å². The van der Waals surface area contributed by atoms with Gasteiger partial charge in [0, 0.05) is 44.5 Å². The molecule has 8 heteroatoms. The van der Waals surface area contributed by atoms with Crippen molar-refractivity contribution in [3.05, 3.63) is 35.5 Å². The summed E-state index contributed by atoms with van der Waals surface area (Å²) in [7, 11) is 1.76. The van der Waals surface area contributed by atoms with Crippen molar-refractivity contribution in [3.8, 4) is 0 Å². The summed E-state index contributed by atoms with van der Waals surface area (Å²) < 4.78 is 7.25. The second kappa shape index (κ2) is 10.2. The van der Waals surface area contributed by atoms with Crippen LogP contribution >= 0.6 is 24.0 Å². The molecule has 23 heavy (non-hydrogen) atoms. The van der Waals surface area contributed by atoms with Gasteiger partial charge in [-0.1, -0.05) is 19.0 Å². The molecule has 0 aliphatic heterocycles. The Hall–Kier alpha value is -1.58. The van der Waals surface area contributed by atoms with Gasteiger partial charge in [0.15, 0.2) is 5.96 Å². The smallest absolute Gasteiger partial charge is 0.191 e. The number of aryl methyl sites for hydroxylation is 2. The topological polar surface area (TPSA) is 80.3 Å². The van der Waals surface area contributed by atoms with Gasteiger partial charge in [-0.15, -0.1) is 24.0 Å². The van der Waals surface area contributed by atoms with Gasteiger partial charge in [-0.05, 0) is 12.5 Å². The normalized spacial score (nSPS) is 11.2. The minimum Gasteiger partial charge on any atom is -0.361 e. The first-order valence-electron chi connectivity index (χ1n) is 7.66. The second-order valence-corrected chi connectivity index (χ2v) is 4.86. The van der Waals surface area contributed by atoms with Crippen LogP contribution in [0.25, 0.3) is 0 Å². The molecule has 2 aromatic rings. The highest BCUT2D eigenvalue weighted by Gasteiger charge is 2.13. The molecule has 128 valence electrons. The van der Waals surface area contributed by atoms with Gasteiger partial charge in [-0.2, -0.15) is 5.10 Å². The third-order valence-corrected chi connectivity index (χ3v) is 3.46. The molecule has 0 unspecified atom stereocenters. The maximum absolute atomic E-state index is 5.37. The molecule has 0 aliphatic rings. The second-order valence-electron chi connectivity index (χ2n) is 4.86. The van der Waals surface area contributed by atoms with Crippen LogP contribution in [0.4, 0.5) is 0 Å². The summed E-state index contributed by atoms with van der Waals surface area (Å²) in [6.45, 7) is 6.36. The van der Waals surface area contributed by atoms with Gasteiger partial charge in [-0.3, -0.25) is 9.67 Å². The van der Waals surface area contributed by atoms with Crippen molar-refractivity contribution in [2.75, 3.05) is 13.6 Å². The lowest BCUT2D eigenvalue weighted by atomic mass is 10.1. The number of aromatic nitrogens is 3. The summed E-state index contributed by atoms with van der Waals surface area (Å²) in [6.07, 6.45) is 5.43. The number of rotatable bonds is 7. The Morgan fingerprint density at radius 2 is 2.13 bits per heavy atom. The maximum Gasteiger partial charge on any atom is 0.191 e. The van der Waals surface area contributed by atoms with Crippen molar-refractivity contribution in [1.82, 2.24) is 25.6 Å². The van der Waals surface area contributed by atoms with Gasteiger partial charge in [0.1, 0.15) is 5.76 Å². The zero-order chi connectivity index (χ0) is 15.8. The zero-order valence-electron chi connectivity index (χ0n) is 13.9. The van der Waals surface area contributed by atoms with Crippen LogP contribution in [0.3, 0.4) is 0 Å². The van der Waals surface area contributed by atoms with Crippen LogP contribution in [0.5, 0.6) is 0 Å². The van der Waals surface area contributed by atoms with Crippen LogP contribution in [0.1, 0.15) is 30.9 Å². The Labute approximate surface area is 153 Å². The molecular weight excluding hydrogens is 407 g/mol. The van der Waals surface area contributed by atoms with E-state index < -0.39 is 0 Å². The monoisotopic (exact) mass is 432 g/mol. The van der Waals surface area contributed by atoms with Crippen molar-refractivity contribution in [2.45, 2.75) is 39.8 Å². The van der Waals surface area contributed by atoms with Crippen LogP contribution in [0.15, 0.2) is 28.0 Å². The highest BCUT2D eigenvalue weighted by Crippen LogP contribution is 2.15. The van der Waals surface area contributed by atoms with E-state index in [1.54, 1.807) is 13.2 Å². The third-order valence-electron chi connectivity index (χ3n) is 3.46. The Balaban J connectivity index is 0.00000264. The molecule has 0 saturated heterocycles. The first-order valence-corrected chi connectivity index (χ1v) is 7.66. The molecule has 0 aromatic carbocycles. The van der Waals surface area contributed by atoms with Crippen molar-refractivity contribution < 1.29 is 4.52 Å². The first kappa shape index (κ1) is 19.5. The van der Waals surface area contributed by atoms with Gasteiger partial charge in [0.2, 0.25) is 0 Å². The third kappa shape index (κ3) is 5.52. The predicted molar refractivity (Wildman–Crippen MR) is 101 cm³/mol. The van der Waals surface area contributed by atoms with Gasteiger partial charge in [-0.25, -0.2) is 0 Å². The van der Waals surface area contributed by atoms with Gasteiger partial charge in [0.25, 0.3) is 0 Å². The Kier molecular flexibility index (Phi) is 8.67. The van der Waals surface area contributed by atoms with Crippen molar-refractivity contribution in [3.63, 3.8) is 0 Å². The summed E-state index contributed by atoms with van der Waals surface area (Å²) in [4.78, 5) is 4.23. The lowest BCUT2D eigenvalue weighted by Crippen LogP contribution is -2.38. The molecular formula is C15H25IN6O.